The molecule has 0 spiro atoms. The summed E-state index contributed by atoms with van der Waals surface area (Å²) in [6, 6.07) is 10.2. The molecule has 1 fully saturated rings. The van der Waals surface area contributed by atoms with Crippen LogP contribution in [0.1, 0.15) is 24.3 Å². The summed E-state index contributed by atoms with van der Waals surface area (Å²) in [7, 11) is 0. The third kappa shape index (κ3) is 2.24. The van der Waals surface area contributed by atoms with Gasteiger partial charge in [0, 0.05) is 24.8 Å². The van der Waals surface area contributed by atoms with Crippen LogP contribution in [0.15, 0.2) is 34.9 Å². The lowest BCUT2D eigenvalue weighted by Gasteiger charge is -2.22. The average molecular weight is 244 g/mol. The van der Waals surface area contributed by atoms with E-state index in [0.29, 0.717) is 11.8 Å². The molecule has 4 nitrogen and oxygen atoms in total. The van der Waals surface area contributed by atoms with Crippen LogP contribution in [0.2, 0.25) is 0 Å². The van der Waals surface area contributed by atoms with Crippen LogP contribution in [0, 0.1) is 0 Å². The molecule has 1 aliphatic rings. The normalized spacial score (nSPS) is 16.9. The number of aromatic nitrogens is 1. The van der Waals surface area contributed by atoms with Gasteiger partial charge in [-0.15, -0.1) is 0 Å². The Morgan fingerprint density at radius 1 is 1.11 bits per heavy atom. The highest BCUT2D eigenvalue weighted by Gasteiger charge is 2.15. The molecule has 2 heterocycles. The van der Waals surface area contributed by atoms with Gasteiger partial charge < -0.3 is 15.0 Å². The van der Waals surface area contributed by atoms with Gasteiger partial charge in [0.25, 0.3) is 0 Å². The van der Waals surface area contributed by atoms with E-state index in [9.17, 15) is 0 Å². The fraction of sp³-hybridized carbons (Fsp3) is 0.357. The Hall–Kier alpha value is -1.81. The summed E-state index contributed by atoms with van der Waals surface area (Å²) in [6.07, 6.45) is 2.21. The zero-order valence-corrected chi connectivity index (χ0v) is 10.1. The van der Waals surface area contributed by atoms with Gasteiger partial charge in [0.2, 0.25) is 5.88 Å². The van der Waals surface area contributed by atoms with Gasteiger partial charge in [0.1, 0.15) is 5.69 Å². The van der Waals surface area contributed by atoms with Crippen molar-refractivity contribution in [3.05, 3.63) is 35.9 Å². The molecular formula is C14H16N2O2. The van der Waals surface area contributed by atoms with Crippen LogP contribution >= 0.6 is 0 Å². The van der Waals surface area contributed by atoms with Gasteiger partial charge in [0.05, 0.1) is 0 Å². The van der Waals surface area contributed by atoms with Crippen molar-refractivity contribution in [1.29, 1.82) is 0 Å². The molecule has 18 heavy (non-hydrogen) atoms. The van der Waals surface area contributed by atoms with Crippen molar-refractivity contribution >= 4 is 5.88 Å². The summed E-state index contributed by atoms with van der Waals surface area (Å²) in [5.41, 5.74) is 8.71. The van der Waals surface area contributed by atoms with Crippen LogP contribution < -0.4 is 5.73 Å². The number of ether oxygens (including phenoxy) is 1. The van der Waals surface area contributed by atoms with Crippen molar-refractivity contribution in [2.24, 2.45) is 0 Å². The molecule has 3 rings (SSSR count). The summed E-state index contributed by atoms with van der Waals surface area (Å²) in [6.45, 7) is 1.73. The van der Waals surface area contributed by atoms with Crippen LogP contribution in [-0.4, -0.2) is 18.4 Å². The number of rotatable bonds is 2. The molecule has 1 aliphatic heterocycles. The lowest BCUT2D eigenvalue weighted by Crippen LogP contribution is -2.13. The van der Waals surface area contributed by atoms with Crippen molar-refractivity contribution in [3.8, 4) is 11.3 Å². The molecule has 2 N–H and O–H groups in total. The van der Waals surface area contributed by atoms with Crippen molar-refractivity contribution in [1.82, 2.24) is 5.16 Å². The molecule has 0 amide bonds. The first-order valence-electron chi connectivity index (χ1n) is 6.23. The minimum absolute atomic E-state index is 0.346. The van der Waals surface area contributed by atoms with Gasteiger partial charge in [-0.05, 0) is 24.3 Å². The number of nitrogen functional groups attached to an aromatic ring is 1. The average Bonchev–Trinajstić information content (AvgIpc) is 2.87. The maximum Gasteiger partial charge on any atom is 0.222 e. The van der Waals surface area contributed by atoms with Gasteiger partial charge in [0.15, 0.2) is 0 Å². The van der Waals surface area contributed by atoms with Gasteiger partial charge in [-0.25, -0.2) is 0 Å². The van der Waals surface area contributed by atoms with Crippen molar-refractivity contribution in [2.45, 2.75) is 18.8 Å². The summed E-state index contributed by atoms with van der Waals surface area (Å²) in [5.74, 6) is 0.966. The van der Waals surface area contributed by atoms with Crippen LogP contribution in [0.5, 0.6) is 0 Å². The maximum atomic E-state index is 5.52. The largest absolute Gasteiger partial charge is 0.381 e. The van der Waals surface area contributed by atoms with Crippen molar-refractivity contribution in [2.75, 3.05) is 18.9 Å². The minimum atomic E-state index is 0.346. The maximum absolute atomic E-state index is 5.52. The quantitative estimate of drug-likeness (QED) is 0.882. The van der Waals surface area contributed by atoms with Gasteiger partial charge in [-0.2, -0.15) is 0 Å². The molecule has 1 saturated heterocycles. The Kier molecular flexibility index (Phi) is 3.02. The standard InChI is InChI=1S/C14H16N2O2/c15-14-9-13(16-18-14)12-3-1-10(2-4-12)11-5-7-17-8-6-11/h1-4,9,11H,5-8,15H2. The Bertz CT molecular complexity index is 513. The van der Waals surface area contributed by atoms with E-state index in [2.05, 4.69) is 29.4 Å². The smallest absolute Gasteiger partial charge is 0.222 e. The molecular weight excluding hydrogens is 228 g/mol. The zero-order valence-electron chi connectivity index (χ0n) is 10.1. The molecule has 0 unspecified atom stereocenters. The summed E-state index contributed by atoms with van der Waals surface area (Å²) >= 11 is 0. The second-order valence-corrected chi connectivity index (χ2v) is 4.62. The minimum Gasteiger partial charge on any atom is -0.381 e. The predicted octanol–water partition coefficient (Wildman–Crippen LogP) is 2.82. The third-order valence-corrected chi connectivity index (χ3v) is 3.43. The topological polar surface area (TPSA) is 61.3 Å². The number of anilines is 1. The Morgan fingerprint density at radius 3 is 2.44 bits per heavy atom. The second-order valence-electron chi connectivity index (χ2n) is 4.62. The highest BCUT2D eigenvalue weighted by atomic mass is 16.5. The van der Waals surface area contributed by atoms with Crippen LogP contribution in [0.4, 0.5) is 5.88 Å². The first-order valence-corrected chi connectivity index (χ1v) is 6.23. The highest BCUT2D eigenvalue weighted by Crippen LogP contribution is 2.29. The summed E-state index contributed by atoms with van der Waals surface area (Å²) in [4.78, 5) is 0. The summed E-state index contributed by atoms with van der Waals surface area (Å²) in [5, 5.41) is 3.91. The van der Waals surface area contributed by atoms with E-state index in [0.717, 1.165) is 37.3 Å². The van der Waals surface area contributed by atoms with Crippen molar-refractivity contribution in [3.63, 3.8) is 0 Å². The van der Waals surface area contributed by atoms with Gasteiger partial charge in [-0.1, -0.05) is 29.4 Å². The fourth-order valence-electron chi connectivity index (χ4n) is 2.38. The number of nitrogens with zero attached hydrogens (tertiary/aromatic N) is 1. The van der Waals surface area contributed by atoms with E-state index in [1.54, 1.807) is 6.07 Å². The monoisotopic (exact) mass is 244 g/mol. The Balaban J connectivity index is 1.80. The van der Waals surface area contributed by atoms with Gasteiger partial charge >= 0.3 is 0 Å². The molecule has 0 saturated carbocycles. The lowest BCUT2D eigenvalue weighted by molar-refractivity contribution is 0.0853. The molecule has 1 aromatic heterocycles. The van der Waals surface area contributed by atoms with Crippen molar-refractivity contribution < 1.29 is 9.26 Å². The number of hydrogen-bond donors (Lipinski definition) is 1. The third-order valence-electron chi connectivity index (χ3n) is 3.43. The fourth-order valence-corrected chi connectivity index (χ4v) is 2.38. The van der Waals surface area contributed by atoms with E-state index in [-0.39, 0.29) is 0 Å². The number of hydrogen-bond acceptors (Lipinski definition) is 4. The van der Waals surface area contributed by atoms with E-state index in [1.165, 1.54) is 5.56 Å². The van der Waals surface area contributed by atoms with Crippen LogP contribution in [0.3, 0.4) is 0 Å². The first kappa shape index (κ1) is 11.3. The van der Waals surface area contributed by atoms with Gasteiger partial charge in [-0.3, -0.25) is 0 Å². The molecule has 0 aliphatic carbocycles. The molecule has 1 aromatic carbocycles. The van der Waals surface area contributed by atoms with E-state index in [4.69, 9.17) is 15.0 Å². The van der Waals surface area contributed by atoms with E-state index >= 15 is 0 Å². The Labute approximate surface area is 106 Å². The highest BCUT2D eigenvalue weighted by molar-refractivity contribution is 5.61. The molecule has 0 radical (unpaired) electrons. The lowest BCUT2D eigenvalue weighted by atomic mass is 9.91. The molecule has 4 heteroatoms. The zero-order chi connectivity index (χ0) is 12.4. The Morgan fingerprint density at radius 2 is 1.83 bits per heavy atom. The predicted molar refractivity (Wildman–Crippen MR) is 69.1 cm³/mol. The number of nitrogens with two attached hydrogens (primary N) is 1. The number of benzene rings is 1. The first-order chi connectivity index (χ1) is 8.83. The molecule has 0 atom stereocenters. The SMILES string of the molecule is Nc1cc(-c2ccc(C3CCOCC3)cc2)no1. The van der Waals surface area contributed by atoms with Crippen LogP contribution in [-0.2, 0) is 4.74 Å². The molecule has 0 bridgehead atoms. The molecule has 2 aromatic rings. The second kappa shape index (κ2) is 4.82. The molecule has 94 valence electrons. The van der Waals surface area contributed by atoms with E-state index < -0.39 is 0 Å². The van der Waals surface area contributed by atoms with Crippen LogP contribution in [0.25, 0.3) is 11.3 Å². The van der Waals surface area contributed by atoms with E-state index in [1.807, 2.05) is 0 Å². The summed E-state index contributed by atoms with van der Waals surface area (Å²) < 4.78 is 10.3.